The van der Waals surface area contributed by atoms with Gasteiger partial charge in [-0.25, -0.2) is 4.98 Å². The Labute approximate surface area is 199 Å². The van der Waals surface area contributed by atoms with Gasteiger partial charge in [-0.2, -0.15) is 9.61 Å². The molecule has 34 heavy (non-hydrogen) atoms. The fourth-order valence-corrected chi connectivity index (χ4v) is 5.45. The number of carbonyl (C=O) groups is 1. The zero-order valence-corrected chi connectivity index (χ0v) is 19.7. The lowest BCUT2D eigenvalue weighted by Gasteiger charge is -2.44. The summed E-state index contributed by atoms with van der Waals surface area (Å²) in [6.45, 7) is 7.00. The third-order valence-corrected chi connectivity index (χ3v) is 7.40. The number of aryl methyl sites for hydroxylation is 1. The van der Waals surface area contributed by atoms with E-state index < -0.39 is 0 Å². The van der Waals surface area contributed by atoms with Crippen molar-refractivity contribution < 1.29 is 9.53 Å². The second kappa shape index (κ2) is 8.91. The molecule has 2 aromatic heterocycles. The lowest BCUT2D eigenvalue weighted by atomic mass is 9.95. The van der Waals surface area contributed by atoms with Crippen molar-refractivity contribution in [3.63, 3.8) is 0 Å². The van der Waals surface area contributed by atoms with Crippen LogP contribution in [0.5, 0.6) is 5.75 Å². The topological polar surface area (TPSA) is 75.0 Å². The van der Waals surface area contributed by atoms with Crippen LogP contribution >= 0.6 is 0 Å². The molecule has 2 fully saturated rings. The van der Waals surface area contributed by atoms with Crippen LogP contribution in [-0.4, -0.2) is 70.8 Å². The van der Waals surface area contributed by atoms with Crippen molar-refractivity contribution in [3.05, 3.63) is 53.3 Å². The van der Waals surface area contributed by atoms with Crippen molar-refractivity contribution in [2.24, 2.45) is 5.92 Å². The Bertz CT molecular complexity index is 1180. The molecular formula is C26H32N6O2. The molecular weight excluding hydrogens is 428 g/mol. The van der Waals surface area contributed by atoms with Gasteiger partial charge < -0.3 is 19.9 Å². The molecule has 0 radical (unpaired) electrons. The number of nitrogens with zero attached hydrogens (tertiary/aromatic N) is 5. The molecule has 0 aliphatic carbocycles. The minimum Gasteiger partial charge on any atom is -0.490 e. The summed E-state index contributed by atoms with van der Waals surface area (Å²) in [4.78, 5) is 22.6. The second-order valence-corrected chi connectivity index (χ2v) is 9.73. The molecule has 0 spiro atoms. The molecule has 1 N–H and O–H groups in total. The standard InChI is InChI=1S/C26H32N6O2/c1-18-15-28-32-24(18)29-23-8-12-27-11-7-22(23)25(32)31-16-19(17-31)26(33)30-13-9-21(10-14-30)34-20-5-3-2-4-6-20/h2-6,15,19,21,27H,7-14,16-17H2,1H3. The largest absolute Gasteiger partial charge is 0.490 e. The zero-order chi connectivity index (χ0) is 23.1. The maximum absolute atomic E-state index is 13.2. The van der Waals surface area contributed by atoms with Crippen molar-refractivity contribution in [3.8, 4) is 5.75 Å². The van der Waals surface area contributed by atoms with Gasteiger partial charge in [0.2, 0.25) is 5.91 Å². The summed E-state index contributed by atoms with van der Waals surface area (Å²) in [5, 5.41) is 8.13. The van der Waals surface area contributed by atoms with Gasteiger partial charge in [0.25, 0.3) is 0 Å². The highest BCUT2D eigenvalue weighted by atomic mass is 16.5. The van der Waals surface area contributed by atoms with Gasteiger partial charge in [-0.1, -0.05) is 18.2 Å². The summed E-state index contributed by atoms with van der Waals surface area (Å²) >= 11 is 0. The first-order chi connectivity index (χ1) is 16.7. The number of amides is 1. The van der Waals surface area contributed by atoms with Crippen molar-refractivity contribution in [2.75, 3.05) is 44.2 Å². The maximum Gasteiger partial charge on any atom is 0.229 e. The Hall–Kier alpha value is -3.13. The number of carbonyl (C=O) groups excluding carboxylic acids is 1. The number of para-hydroxylation sites is 1. The number of likely N-dealkylation sites (tertiary alicyclic amines) is 1. The van der Waals surface area contributed by atoms with E-state index in [9.17, 15) is 4.79 Å². The van der Waals surface area contributed by atoms with Crippen LogP contribution in [0.15, 0.2) is 36.5 Å². The Balaban J connectivity index is 1.12. The van der Waals surface area contributed by atoms with Crippen molar-refractivity contribution >= 4 is 17.4 Å². The number of piperidine rings is 1. The highest BCUT2D eigenvalue weighted by Gasteiger charge is 2.39. The van der Waals surface area contributed by atoms with Gasteiger partial charge in [0.15, 0.2) is 5.65 Å². The molecule has 178 valence electrons. The highest BCUT2D eigenvalue weighted by Crippen LogP contribution is 2.33. The number of hydrogen-bond acceptors (Lipinski definition) is 6. The fourth-order valence-electron chi connectivity index (χ4n) is 5.45. The van der Waals surface area contributed by atoms with Crippen molar-refractivity contribution in [1.29, 1.82) is 0 Å². The van der Waals surface area contributed by atoms with E-state index in [1.165, 1.54) is 11.3 Å². The van der Waals surface area contributed by atoms with Crippen LogP contribution in [0.25, 0.3) is 5.65 Å². The Morgan fingerprint density at radius 3 is 2.65 bits per heavy atom. The van der Waals surface area contributed by atoms with Gasteiger partial charge in [0.05, 0.1) is 17.8 Å². The SMILES string of the molecule is Cc1cnn2c(N3CC(C(=O)N4CCC(Oc5ccccc5)CC4)C3)c3c(nc12)CCNCC3. The van der Waals surface area contributed by atoms with E-state index >= 15 is 0 Å². The van der Waals surface area contributed by atoms with Gasteiger partial charge in [-0.3, -0.25) is 4.79 Å². The summed E-state index contributed by atoms with van der Waals surface area (Å²) in [5.41, 5.74) is 4.48. The molecule has 0 atom stereocenters. The molecule has 3 aliphatic rings. The maximum atomic E-state index is 13.2. The fraction of sp³-hybridized carbons (Fsp3) is 0.500. The second-order valence-electron chi connectivity index (χ2n) is 9.73. The molecule has 8 nitrogen and oxygen atoms in total. The molecule has 3 aliphatic heterocycles. The highest BCUT2D eigenvalue weighted by molar-refractivity contribution is 5.82. The van der Waals surface area contributed by atoms with E-state index in [0.717, 1.165) is 87.7 Å². The number of ether oxygens (including phenoxy) is 1. The number of aromatic nitrogens is 3. The van der Waals surface area contributed by atoms with Crippen LogP contribution in [0.2, 0.25) is 0 Å². The number of anilines is 1. The third-order valence-electron chi connectivity index (χ3n) is 7.40. The minimum absolute atomic E-state index is 0.0472. The quantitative estimate of drug-likeness (QED) is 0.644. The Kier molecular flexibility index (Phi) is 5.61. The molecule has 6 rings (SSSR count). The summed E-state index contributed by atoms with van der Waals surface area (Å²) < 4.78 is 8.09. The number of fused-ring (bicyclic) bond motifs is 2. The molecule has 0 unspecified atom stereocenters. The predicted octanol–water partition coefficient (Wildman–Crippen LogP) is 2.23. The molecule has 0 bridgehead atoms. The number of benzene rings is 1. The van der Waals surface area contributed by atoms with Gasteiger partial charge in [0.1, 0.15) is 17.7 Å². The molecule has 5 heterocycles. The number of rotatable bonds is 4. The van der Waals surface area contributed by atoms with E-state index in [0.29, 0.717) is 0 Å². The monoisotopic (exact) mass is 460 g/mol. The molecule has 1 aromatic carbocycles. The third kappa shape index (κ3) is 3.90. The van der Waals surface area contributed by atoms with Crippen LogP contribution in [0.3, 0.4) is 0 Å². The van der Waals surface area contributed by atoms with E-state index in [1.54, 1.807) is 0 Å². The first-order valence-corrected chi connectivity index (χ1v) is 12.5. The van der Waals surface area contributed by atoms with Crippen LogP contribution in [0.4, 0.5) is 5.82 Å². The molecule has 1 amide bonds. The van der Waals surface area contributed by atoms with Crippen molar-refractivity contribution in [1.82, 2.24) is 24.8 Å². The average molecular weight is 461 g/mol. The van der Waals surface area contributed by atoms with E-state index in [1.807, 2.05) is 45.9 Å². The Morgan fingerprint density at radius 1 is 1.09 bits per heavy atom. The van der Waals surface area contributed by atoms with Crippen LogP contribution in [0.1, 0.15) is 29.7 Å². The van der Waals surface area contributed by atoms with E-state index in [-0.39, 0.29) is 17.9 Å². The summed E-state index contributed by atoms with van der Waals surface area (Å²) in [6.07, 6.45) is 5.72. The molecule has 3 aromatic rings. The van der Waals surface area contributed by atoms with Gasteiger partial charge in [0, 0.05) is 63.1 Å². The van der Waals surface area contributed by atoms with Crippen LogP contribution < -0.4 is 15.0 Å². The summed E-state index contributed by atoms with van der Waals surface area (Å²) in [7, 11) is 0. The lowest BCUT2D eigenvalue weighted by molar-refractivity contribution is -0.138. The predicted molar refractivity (Wildman–Crippen MR) is 130 cm³/mol. The summed E-state index contributed by atoms with van der Waals surface area (Å²) in [5.74, 6) is 2.37. The first kappa shape index (κ1) is 21.4. The molecule has 8 heteroatoms. The Morgan fingerprint density at radius 2 is 1.85 bits per heavy atom. The smallest absolute Gasteiger partial charge is 0.229 e. The average Bonchev–Trinajstić information content (AvgIpc) is 3.04. The first-order valence-electron chi connectivity index (χ1n) is 12.5. The van der Waals surface area contributed by atoms with Crippen molar-refractivity contribution in [2.45, 2.75) is 38.7 Å². The molecule has 2 saturated heterocycles. The molecule has 0 saturated carbocycles. The van der Waals surface area contributed by atoms with Crippen LogP contribution in [0, 0.1) is 12.8 Å². The zero-order valence-electron chi connectivity index (χ0n) is 19.7. The normalized spacial score (nSPS) is 19.6. The lowest BCUT2D eigenvalue weighted by Crippen LogP contribution is -2.57. The number of hydrogen-bond donors (Lipinski definition) is 1. The van der Waals surface area contributed by atoms with Crippen LogP contribution in [-0.2, 0) is 17.6 Å². The number of nitrogens with one attached hydrogen (secondary N) is 1. The minimum atomic E-state index is 0.0472. The summed E-state index contributed by atoms with van der Waals surface area (Å²) in [6, 6.07) is 9.97. The van der Waals surface area contributed by atoms with Gasteiger partial charge in [-0.05, 0) is 32.0 Å². The van der Waals surface area contributed by atoms with Gasteiger partial charge in [-0.15, -0.1) is 0 Å². The van der Waals surface area contributed by atoms with E-state index in [4.69, 9.17) is 9.72 Å². The van der Waals surface area contributed by atoms with E-state index in [2.05, 4.69) is 22.2 Å². The van der Waals surface area contributed by atoms with Gasteiger partial charge >= 0.3 is 0 Å².